The molecule has 146 valence electrons. The maximum absolute atomic E-state index is 12.4. The summed E-state index contributed by atoms with van der Waals surface area (Å²) in [6.07, 6.45) is 0. The fraction of sp³-hybridized carbons (Fsp3) is 0.211. The zero-order valence-electron chi connectivity index (χ0n) is 15.7. The molecule has 3 rings (SSSR count). The van der Waals surface area contributed by atoms with Crippen molar-refractivity contribution in [2.45, 2.75) is 18.4 Å². The van der Waals surface area contributed by atoms with E-state index in [1.807, 2.05) is 0 Å². The minimum atomic E-state index is -3.60. The zero-order valence-corrected chi connectivity index (χ0v) is 16.5. The van der Waals surface area contributed by atoms with E-state index >= 15 is 0 Å². The molecule has 8 nitrogen and oxygen atoms in total. The number of carbonyl (C=O) groups is 1. The lowest BCUT2D eigenvalue weighted by molar-refractivity contribution is 0.0950. The van der Waals surface area contributed by atoms with Gasteiger partial charge in [-0.1, -0.05) is 23.4 Å². The van der Waals surface area contributed by atoms with Crippen LogP contribution >= 0.6 is 0 Å². The van der Waals surface area contributed by atoms with Crippen LogP contribution in [0.2, 0.25) is 0 Å². The molecule has 0 bridgehead atoms. The number of rotatable bonds is 6. The molecule has 0 saturated heterocycles. The van der Waals surface area contributed by atoms with Crippen LogP contribution in [0.1, 0.15) is 21.7 Å². The van der Waals surface area contributed by atoms with Crippen LogP contribution in [0.3, 0.4) is 0 Å². The van der Waals surface area contributed by atoms with Crippen LogP contribution in [-0.2, 0) is 16.6 Å². The first kappa shape index (κ1) is 19.7. The number of hydrogen-bond donors (Lipinski definition) is 1. The monoisotopic (exact) mass is 400 g/mol. The van der Waals surface area contributed by atoms with Gasteiger partial charge in [0.2, 0.25) is 10.0 Å². The molecular formula is C19H20N4O4S. The van der Waals surface area contributed by atoms with E-state index in [0.29, 0.717) is 28.4 Å². The van der Waals surface area contributed by atoms with Crippen molar-refractivity contribution in [2.75, 3.05) is 14.1 Å². The van der Waals surface area contributed by atoms with Crippen molar-refractivity contribution in [1.29, 1.82) is 0 Å². The van der Waals surface area contributed by atoms with Gasteiger partial charge in [0, 0.05) is 31.8 Å². The van der Waals surface area contributed by atoms with Crippen LogP contribution in [0.4, 0.5) is 0 Å². The Kier molecular flexibility index (Phi) is 5.57. The summed E-state index contributed by atoms with van der Waals surface area (Å²) in [4.78, 5) is 16.8. The normalized spacial score (nSPS) is 11.6. The second kappa shape index (κ2) is 7.91. The predicted octanol–water partition coefficient (Wildman–Crippen LogP) is 2.23. The summed E-state index contributed by atoms with van der Waals surface area (Å²) in [5.41, 5.74) is 1.66. The molecule has 1 N–H and O–H groups in total. The topological polar surface area (TPSA) is 105 Å². The average molecular weight is 400 g/mol. The van der Waals surface area contributed by atoms with Crippen LogP contribution in [0.25, 0.3) is 11.5 Å². The van der Waals surface area contributed by atoms with Crippen molar-refractivity contribution in [3.8, 4) is 11.5 Å². The molecule has 0 aliphatic heterocycles. The molecule has 2 aromatic carbocycles. The Bertz CT molecular complexity index is 1090. The zero-order chi connectivity index (χ0) is 20.3. The molecule has 3 aromatic rings. The summed E-state index contributed by atoms with van der Waals surface area (Å²) in [7, 11) is -0.657. The van der Waals surface area contributed by atoms with Gasteiger partial charge in [-0.3, -0.25) is 4.79 Å². The molecular weight excluding hydrogens is 380 g/mol. The average Bonchev–Trinajstić information content (AvgIpc) is 3.12. The van der Waals surface area contributed by atoms with Crippen molar-refractivity contribution >= 4 is 15.9 Å². The van der Waals surface area contributed by atoms with E-state index in [2.05, 4.69) is 15.5 Å². The molecule has 0 aliphatic carbocycles. The molecule has 0 spiro atoms. The third kappa shape index (κ3) is 4.10. The van der Waals surface area contributed by atoms with E-state index in [1.54, 1.807) is 49.4 Å². The fourth-order valence-corrected chi connectivity index (χ4v) is 3.67. The number of amides is 1. The van der Waals surface area contributed by atoms with Gasteiger partial charge in [0.05, 0.1) is 4.90 Å². The molecule has 0 atom stereocenters. The summed E-state index contributed by atoms with van der Waals surface area (Å²) in [5, 5.41) is 6.49. The maximum Gasteiger partial charge on any atom is 0.257 e. The number of aromatic nitrogens is 2. The largest absolute Gasteiger partial charge is 0.348 e. The standard InChI is InChI=1S/C19H20N4O4S/c1-13-21-19(27-22-13)15-10-8-14(9-11-15)18(24)20-12-16-6-4-5-7-17(16)28(25,26)23(2)3/h4-11H,12H2,1-3H3,(H,20,24). The number of benzene rings is 2. The number of nitrogens with one attached hydrogen (secondary N) is 1. The molecule has 1 aromatic heterocycles. The van der Waals surface area contributed by atoms with Crippen molar-refractivity contribution in [3.05, 3.63) is 65.5 Å². The minimum absolute atomic E-state index is 0.0900. The third-order valence-electron chi connectivity index (χ3n) is 4.09. The Morgan fingerprint density at radius 3 is 2.39 bits per heavy atom. The summed E-state index contributed by atoms with van der Waals surface area (Å²) in [5.74, 6) is 0.598. The molecule has 0 saturated carbocycles. The van der Waals surface area contributed by atoms with E-state index in [9.17, 15) is 13.2 Å². The number of carbonyl (C=O) groups excluding carboxylic acids is 1. The van der Waals surface area contributed by atoms with Gasteiger partial charge in [0.1, 0.15) is 0 Å². The first-order valence-corrected chi connectivity index (χ1v) is 9.92. The Morgan fingerprint density at radius 1 is 1.11 bits per heavy atom. The van der Waals surface area contributed by atoms with E-state index in [1.165, 1.54) is 20.2 Å². The van der Waals surface area contributed by atoms with Crippen molar-refractivity contribution in [3.63, 3.8) is 0 Å². The van der Waals surface area contributed by atoms with Crippen LogP contribution in [0.5, 0.6) is 0 Å². The molecule has 1 amide bonds. The van der Waals surface area contributed by atoms with Crippen LogP contribution < -0.4 is 5.32 Å². The summed E-state index contributed by atoms with van der Waals surface area (Å²) < 4.78 is 31.1. The highest BCUT2D eigenvalue weighted by Gasteiger charge is 2.21. The fourth-order valence-electron chi connectivity index (χ4n) is 2.55. The van der Waals surface area contributed by atoms with Gasteiger partial charge in [-0.05, 0) is 42.8 Å². The summed E-state index contributed by atoms with van der Waals surface area (Å²) in [6, 6.07) is 13.3. The van der Waals surface area contributed by atoms with Crippen molar-refractivity contribution in [2.24, 2.45) is 0 Å². The van der Waals surface area contributed by atoms with Crippen LogP contribution in [0, 0.1) is 6.92 Å². The molecule has 28 heavy (non-hydrogen) atoms. The Balaban J connectivity index is 1.73. The molecule has 0 fully saturated rings. The Morgan fingerprint density at radius 2 is 1.79 bits per heavy atom. The highest BCUT2D eigenvalue weighted by Crippen LogP contribution is 2.19. The first-order valence-electron chi connectivity index (χ1n) is 8.48. The Hall–Kier alpha value is -3.04. The quantitative estimate of drug-likeness (QED) is 0.680. The number of hydrogen-bond acceptors (Lipinski definition) is 6. The van der Waals surface area contributed by atoms with E-state index in [-0.39, 0.29) is 17.3 Å². The van der Waals surface area contributed by atoms with Gasteiger partial charge in [0.25, 0.3) is 11.8 Å². The van der Waals surface area contributed by atoms with E-state index in [0.717, 1.165) is 4.31 Å². The summed E-state index contributed by atoms with van der Waals surface area (Å²) >= 11 is 0. The third-order valence-corrected chi connectivity index (χ3v) is 6.01. The van der Waals surface area contributed by atoms with Crippen LogP contribution in [-0.4, -0.2) is 42.9 Å². The second-order valence-corrected chi connectivity index (χ2v) is 8.42. The summed E-state index contributed by atoms with van der Waals surface area (Å²) in [6.45, 7) is 1.82. The van der Waals surface area contributed by atoms with Crippen molar-refractivity contribution in [1.82, 2.24) is 19.8 Å². The lowest BCUT2D eigenvalue weighted by Gasteiger charge is -2.15. The number of nitrogens with zero attached hydrogens (tertiary/aromatic N) is 3. The van der Waals surface area contributed by atoms with Gasteiger partial charge in [0.15, 0.2) is 5.82 Å². The van der Waals surface area contributed by atoms with Gasteiger partial charge in [-0.15, -0.1) is 0 Å². The van der Waals surface area contributed by atoms with Gasteiger partial charge in [-0.25, -0.2) is 12.7 Å². The van der Waals surface area contributed by atoms with Crippen molar-refractivity contribution < 1.29 is 17.7 Å². The molecule has 0 aliphatic rings. The number of aryl methyl sites for hydroxylation is 1. The highest BCUT2D eigenvalue weighted by atomic mass is 32.2. The molecule has 9 heteroatoms. The minimum Gasteiger partial charge on any atom is -0.348 e. The van der Waals surface area contributed by atoms with Gasteiger partial charge in [-0.2, -0.15) is 4.98 Å². The lowest BCUT2D eigenvalue weighted by atomic mass is 10.1. The first-order chi connectivity index (χ1) is 13.3. The van der Waals surface area contributed by atoms with Gasteiger partial charge < -0.3 is 9.84 Å². The van der Waals surface area contributed by atoms with E-state index in [4.69, 9.17) is 4.52 Å². The number of sulfonamides is 1. The molecule has 1 heterocycles. The highest BCUT2D eigenvalue weighted by molar-refractivity contribution is 7.89. The molecule has 0 radical (unpaired) electrons. The molecule has 0 unspecified atom stereocenters. The van der Waals surface area contributed by atoms with Crippen LogP contribution in [0.15, 0.2) is 57.9 Å². The Labute approximate surface area is 163 Å². The second-order valence-electron chi connectivity index (χ2n) is 6.30. The SMILES string of the molecule is Cc1noc(-c2ccc(C(=O)NCc3ccccc3S(=O)(=O)N(C)C)cc2)n1. The van der Waals surface area contributed by atoms with E-state index < -0.39 is 10.0 Å². The lowest BCUT2D eigenvalue weighted by Crippen LogP contribution is -2.27. The predicted molar refractivity (Wildman–Crippen MR) is 103 cm³/mol. The van der Waals surface area contributed by atoms with Gasteiger partial charge >= 0.3 is 0 Å². The maximum atomic E-state index is 12.4. The smallest absolute Gasteiger partial charge is 0.257 e.